The van der Waals surface area contributed by atoms with Gasteiger partial charge < -0.3 is 39.0 Å². The maximum atomic E-state index is 14.3. The van der Waals surface area contributed by atoms with Crippen LogP contribution in [0.3, 0.4) is 0 Å². The van der Waals surface area contributed by atoms with Crippen LogP contribution in [-0.2, 0) is 33.3 Å². The highest BCUT2D eigenvalue weighted by atomic mass is 16.7. The Labute approximate surface area is 290 Å². The smallest absolute Gasteiger partial charge is 0.331 e. The molecule has 3 saturated heterocycles. The summed E-state index contributed by atoms with van der Waals surface area (Å²) in [5.74, 6) is -3.76. The summed E-state index contributed by atoms with van der Waals surface area (Å²) >= 11 is 0. The van der Waals surface area contributed by atoms with Crippen molar-refractivity contribution in [3.63, 3.8) is 0 Å². The topological polar surface area (TPSA) is 141 Å². The number of allylic oxidation sites excluding steroid dienone is 6. The van der Waals surface area contributed by atoms with Crippen molar-refractivity contribution < 1.29 is 48.6 Å². The number of rotatable bonds is 4. The van der Waals surface area contributed by atoms with Gasteiger partial charge in [0.1, 0.15) is 42.5 Å². The Hall–Kier alpha value is -2.86. The highest BCUT2D eigenvalue weighted by Crippen LogP contribution is 2.48. The van der Waals surface area contributed by atoms with Crippen LogP contribution in [0.25, 0.3) is 0 Å². The number of hydrogen-bond acceptors (Lipinski definition) is 10. The van der Waals surface area contributed by atoms with E-state index in [4.69, 9.17) is 23.7 Å². The number of carbonyl (C=O) groups excluding carboxylic acids is 2. The van der Waals surface area contributed by atoms with Gasteiger partial charge in [-0.15, -0.1) is 0 Å². The first-order valence-corrected chi connectivity index (χ1v) is 17.6. The second kappa shape index (κ2) is 15.2. The van der Waals surface area contributed by atoms with Crippen molar-refractivity contribution in [1.29, 1.82) is 0 Å². The van der Waals surface area contributed by atoms with Crippen LogP contribution in [0, 0.1) is 17.8 Å². The van der Waals surface area contributed by atoms with E-state index in [1.54, 1.807) is 19.9 Å². The van der Waals surface area contributed by atoms with Gasteiger partial charge in [0.25, 0.3) is 0 Å². The zero-order valence-electron chi connectivity index (χ0n) is 29.9. The van der Waals surface area contributed by atoms with Crippen LogP contribution in [0.15, 0.2) is 70.4 Å². The third-order valence-electron chi connectivity index (χ3n) is 10.6. The molecule has 0 saturated carbocycles. The average Bonchev–Trinajstić information content (AvgIpc) is 3.37. The van der Waals surface area contributed by atoms with Crippen molar-refractivity contribution in [2.75, 3.05) is 13.2 Å². The van der Waals surface area contributed by atoms with E-state index in [1.165, 1.54) is 17.7 Å². The summed E-state index contributed by atoms with van der Waals surface area (Å²) in [5, 5.41) is 35.3. The average molecular weight is 683 g/mol. The van der Waals surface area contributed by atoms with Crippen molar-refractivity contribution in [3.05, 3.63) is 70.4 Å². The molecule has 0 aromatic carbocycles. The Kier molecular flexibility index (Phi) is 11.6. The van der Waals surface area contributed by atoms with E-state index in [0.717, 1.165) is 17.6 Å². The Morgan fingerprint density at radius 3 is 2.59 bits per heavy atom. The van der Waals surface area contributed by atoms with Gasteiger partial charge in [-0.3, -0.25) is 4.79 Å². The van der Waals surface area contributed by atoms with E-state index in [9.17, 15) is 24.9 Å². The second-order valence-corrected chi connectivity index (χ2v) is 14.9. The molecule has 3 N–H and O–H groups in total. The third-order valence-corrected chi connectivity index (χ3v) is 10.6. The van der Waals surface area contributed by atoms with E-state index in [2.05, 4.69) is 19.9 Å². The van der Waals surface area contributed by atoms with Crippen LogP contribution in [0.4, 0.5) is 0 Å². The molecule has 11 atom stereocenters. The molecule has 0 radical (unpaired) electrons. The Morgan fingerprint density at radius 1 is 1.12 bits per heavy atom. The first-order chi connectivity index (χ1) is 23.2. The molecule has 0 aromatic heterocycles. The van der Waals surface area contributed by atoms with Crippen LogP contribution >= 0.6 is 0 Å². The molecule has 5 aliphatic rings. The number of aliphatic hydroxyl groups is 3. The highest BCUT2D eigenvalue weighted by molar-refractivity contribution is 5.83. The summed E-state index contributed by atoms with van der Waals surface area (Å²) in [6.07, 6.45) is 9.93. The van der Waals surface area contributed by atoms with Gasteiger partial charge in [-0.25, -0.2) is 4.79 Å². The number of esters is 2. The quantitative estimate of drug-likeness (QED) is 0.212. The molecule has 1 spiro atoms. The normalized spacial score (nSPS) is 40.0. The predicted molar refractivity (Wildman–Crippen MR) is 183 cm³/mol. The lowest BCUT2D eigenvalue weighted by Crippen LogP contribution is -2.62. The minimum absolute atomic E-state index is 0.00924. The third kappa shape index (κ3) is 7.90. The molecule has 0 amide bonds. The zero-order valence-corrected chi connectivity index (χ0v) is 29.9. The molecule has 10 nitrogen and oxygen atoms in total. The maximum absolute atomic E-state index is 14.3. The number of fused-ring (bicyclic) bond motifs is 2. The maximum Gasteiger partial charge on any atom is 0.331 e. The van der Waals surface area contributed by atoms with Crippen molar-refractivity contribution >= 4 is 11.9 Å². The minimum Gasteiger partial charge on any atom is -0.462 e. The fourth-order valence-corrected chi connectivity index (χ4v) is 7.90. The fourth-order valence-electron chi connectivity index (χ4n) is 7.90. The van der Waals surface area contributed by atoms with Crippen LogP contribution < -0.4 is 0 Å². The molecule has 11 unspecified atom stereocenters. The lowest BCUT2D eigenvalue weighted by atomic mass is 9.70. The first-order valence-electron chi connectivity index (χ1n) is 17.6. The molecule has 10 heteroatoms. The molecule has 270 valence electrons. The standard InChI is InChI=1S/C39H54O10/c1-8-25(6)35-26(7)16-32(40)38(49-35)19-30-18-29(48-38)13-12-24(5)15-23(4)10-9-11-28-21-46-36-34(42)27(20-45-33(41)14-22(2)3)17-31(37(43)47-30)39(28,36)44/h8-12,14,17,23,26,29-32,34-36,40,42,44H,13,15-16,18-21H2,1-7H3. The Balaban J connectivity index is 1.54. The van der Waals surface area contributed by atoms with Gasteiger partial charge in [-0.2, -0.15) is 0 Å². The molecule has 2 bridgehead atoms. The molecule has 5 rings (SSSR count). The molecule has 0 aromatic rings. The molecule has 4 aliphatic heterocycles. The lowest BCUT2D eigenvalue weighted by molar-refractivity contribution is -0.363. The van der Waals surface area contributed by atoms with Crippen molar-refractivity contribution in [2.24, 2.45) is 17.8 Å². The van der Waals surface area contributed by atoms with Gasteiger partial charge in [0.05, 0.1) is 18.8 Å². The predicted octanol–water partition coefficient (Wildman–Crippen LogP) is 4.94. The van der Waals surface area contributed by atoms with E-state index in [1.807, 2.05) is 39.0 Å². The molecular weight excluding hydrogens is 628 g/mol. The lowest BCUT2D eigenvalue weighted by Gasteiger charge is -2.52. The zero-order chi connectivity index (χ0) is 35.7. The number of ether oxygens (including phenoxy) is 5. The molecule has 49 heavy (non-hydrogen) atoms. The van der Waals surface area contributed by atoms with Gasteiger partial charge in [0.15, 0.2) is 5.79 Å². The summed E-state index contributed by atoms with van der Waals surface area (Å²) in [6.45, 7) is 13.4. The monoisotopic (exact) mass is 682 g/mol. The summed E-state index contributed by atoms with van der Waals surface area (Å²) in [7, 11) is 0. The van der Waals surface area contributed by atoms with Crippen LogP contribution in [0.5, 0.6) is 0 Å². The summed E-state index contributed by atoms with van der Waals surface area (Å²) in [5.41, 5.74) is 1.71. The summed E-state index contributed by atoms with van der Waals surface area (Å²) < 4.78 is 30.9. The summed E-state index contributed by atoms with van der Waals surface area (Å²) in [6, 6.07) is 0. The number of carbonyl (C=O) groups is 2. The van der Waals surface area contributed by atoms with E-state index in [-0.39, 0.29) is 43.1 Å². The number of hydrogen-bond donors (Lipinski definition) is 3. The van der Waals surface area contributed by atoms with E-state index >= 15 is 0 Å². The molecular formula is C39H54O10. The molecule has 4 heterocycles. The van der Waals surface area contributed by atoms with E-state index < -0.39 is 59.8 Å². The van der Waals surface area contributed by atoms with Crippen molar-refractivity contribution in [1.82, 2.24) is 0 Å². The fraction of sp³-hybridized carbons (Fsp3) is 0.641. The Bertz CT molecular complexity index is 1450. The summed E-state index contributed by atoms with van der Waals surface area (Å²) in [4.78, 5) is 26.7. The minimum atomic E-state index is -1.92. The SMILES string of the molecule is CC=C(C)C1OC2(CC3CC(CC=C(C)CC(C)C=CC=C4COC5C(O)C(COC(=O)C=C(C)C)=CC(C(=O)O3)C45O)O2)C(O)CC1C. The molecule has 3 fully saturated rings. The first kappa shape index (κ1) is 37.4. The molecule has 1 aliphatic carbocycles. The van der Waals surface area contributed by atoms with Gasteiger partial charge in [-0.05, 0) is 82.4 Å². The Morgan fingerprint density at radius 2 is 1.88 bits per heavy atom. The van der Waals surface area contributed by atoms with Gasteiger partial charge in [-0.1, -0.05) is 61.4 Å². The van der Waals surface area contributed by atoms with Crippen molar-refractivity contribution in [3.8, 4) is 0 Å². The largest absolute Gasteiger partial charge is 0.462 e. The number of aliphatic hydroxyl groups excluding tert-OH is 2. The van der Waals surface area contributed by atoms with E-state index in [0.29, 0.717) is 24.8 Å². The van der Waals surface area contributed by atoms with Crippen LogP contribution in [0.2, 0.25) is 0 Å². The van der Waals surface area contributed by atoms with Crippen molar-refractivity contribution in [2.45, 2.75) is 129 Å². The van der Waals surface area contributed by atoms with Gasteiger partial charge in [0.2, 0.25) is 0 Å². The highest BCUT2D eigenvalue weighted by Gasteiger charge is 2.61. The van der Waals surface area contributed by atoms with Gasteiger partial charge in [0, 0.05) is 18.9 Å². The van der Waals surface area contributed by atoms with Crippen LogP contribution in [-0.4, -0.2) is 88.5 Å². The van der Waals surface area contributed by atoms with Crippen LogP contribution in [0.1, 0.15) is 80.6 Å². The van der Waals surface area contributed by atoms with Gasteiger partial charge >= 0.3 is 11.9 Å². The second-order valence-electron chi connectivity index (χ2n) is 14.9.